The molecule has 10 nitrogen and oxygen atoms in total. The number of anilines is 2. The summed E-state index contributed by atoms with van der Waals surface area (Å²) in [5.74, 6) is -0.167. The first-order valence-electron chi connectivity index (χ1n) is 14.7. The van der Waals surface area contributed by atoms with Crippen LogP contribution in [0.3, 0.4) is 0 Å². The van der Waals surface area contributed by atoms with Crippen LogP contribution in [0.5, 0.6) is 5.75 Å². The van der Waals surface area contributed by atoms with E-state index in [1.807, 2.05) is 21.2 Å². The second-order valence-electron chi connectivity index (χ2n) is 10.9. The van der Waals surface area contributed by atoms with E-state index in [2.05, 4.69) is 24.8 Å². The van der Waals surface area contributed by atoms with Crippen molar-refractivity contribution in [3.8, 4) is 5.75 Å². The van der Waals surface area contributed by atoms with Gasteiger partial charge in [0.25, 0.3) is 0 Å². The third-order valence-electron chi connectivity index (χ3n) is 8.19. The lowest BCUT2D eigenvalue weighted by Crippen LogP contribution is -2.47. The lowest BCUT2D eigenvalue weighted by molar-refractivity contribution is -0.274. The van der Waals surface area contributed by atoms with Crippen molar-refractivity contribution < 1.29 is 27.4 Å². The van der Waals surface area contributed by atoms with Crippen molar-refractivity contribution in [2.75, 3.05) is 88.5 Å². The predicted octanol–water partition coefficient (Wildman–Crippen LogP) is 3.50. The number of rotatable bonds is 7. The van der Waals surface area contributed by atoms with Crippen LogP contribution in [0.15, 0.2) is 35.8 Å². The minimum atomic E-state index is -4.83. The van der Waals surface area contributed by atoms with Gasteiger partial charge in [0.15, 0.2) is 10.9 Å². The number of hydrogen-bond donors (Lipinski definition) is 1. The van der Waals surface area contributed by atoms with Gasteiger partial charge in [-0.2, -0.15) is 0 Å². The van der Waals surface area contributed by atoms with E-state index in [0.29, 0.717) is 76.5 Å². The first-order chi connectivity index (χ1) is 20.9. The van der Waals surface area contributed by atoms with Gasteiger partial charge in [0.2, 0.25) is 5.91 Å². The van der Waals surface area contributed by atoms with Gasteiger partial charge >= 0.3 is 6.36 Å². The highest BCUT2D eigenvalue weighted by Crippen LogP contribution is 2.39. The molecule has 43 heavy (non-hydrogen) atoms. The molecule has 1 aromatic carbocycles. The van der Waals surface area contributed by atoms with Crippen LogP contribution in [0.25, 0.3) is 10.9 Å². The molecule has 6 rings (SSSR count). The molecule has 0 radical (unpaired) electrons. The molecule has 1 amide bonds. The zero-order chi connectivity index (χ0) is 29.8. The van der Waals surface area contributed by atoms with Crippen LogP contribution >= 0.6 is 11.3 Å². The van der Waals surface area contributed by atoms with Crippen LogP contribution in [0.4, 0.5) is 24.0 Å². The molecule has 3 saturated heterocycles. The predicted molar refractivity (Wildman–Crippen MR) is 159 cm³/mol. The van der Waals surface area contributed by atoms with Crippen LogP contribution in [0.2, 0.25) is 0 Å². The number of carbonyl (C=O) groups is 1. The van der Waals surface area contributed by atoms with Gasteiger partial charge in [0.05, 0.1) is 30.5 Å². The van der Waals surface area contributed by atoms with Gasteiger partial charge in [0, 0.05) is 88.8 Å². The minimum absolute atomic E-state index is 0.0904. The highest BCUT2D eigenvalue weighted by Gasteiger charge is 2.35. The Balaban J connectivity index is 1.26. The summed E-state index contributed by atoms with van der Waals surface area (Å²) in [6.07, 6.45) is -2.26. The lowest BCUT2D eigenvalue weighted by Gasteiger charge is -2.33. The number of thiazole rings is 1. The van der Waals surface area contributed by atoms with E-state index in [4.69, 9.17) is 9.72 Å². The number of benzene rings is 1. The monoisotopic (exact) mass is 619 g/mol. The summed E-state index contributed by atoms with van der Waals surface area (Å²) in [5.41, 5.74) is 1.67. The fourth-order valence-electron chi connectivity index (χ4n) is 6.06. The Morgan fingerprint density at radius 1 is 1.02 bits per heavy atom. The Morgan fingerprint density at radius 3 is 2.63 bits per heavy atom. The number of nitrogens with zero attached hydrogens (tertiary/aromatic N) is 6. The number of amides is 1. The molecule has 232 valence electrons. The van der Waals surface area contributed by atoms with Gasteiger partial charge in [0.1, 0.15) is 5.69 Å². The van der Waals surface area contributed by atoms with E-state index in [-0.39, 0.29) is 17.7 Å². The molecule has 3 aliphatic heterocycles. The van der Waals surface area contributed by atoms with Crippen molar-refractivity contribution in [3.63, 3.8) is 0 Å². The molecule has 1 N–H and O–H groups in total. The summed E-state index contributed by atoms with van der Waals surface area (Å²) in [7, 11) is 0. The van der Waals surface area contributed by atoms with Gasteiger partial charge in [-0.3, -0.25) is 14.7 Å². The van der Waals surface area contributed by atoms with Crippen molar-refractivity contribution in [3.05, 3.63) is 41.5 Å². The number of halogens is 3. The first-order valence-corrected chi connectivity index (χ1v) is 15.6. The average molecular weight is 620 g/mol. The third kappa shape index (κ3) is 7.14. The Labute approximate surface area is 252 Å². The van der Waals surface area contributed by atoms with E-state index in [1.54, 1.807) is 29.7 Å². The van der Waals surface area contributed by atoms with E-state index in [1.165, 1.54) is 6.07 Å². The summed E-state index contributed by atoms with van der Waals surface area (Å²) in [5, 5.41) is 7.01. The summed E-state index contributed by atoms with van der Waals surface area (Å²) < 4.78 is 50.2. The average Bonchev–Trinajstić information content (AvgIpc) is 3.39. The molecular formula is C29H36F3N7O3S. The summed E-state index contributed by atoms with van der Waals surface area (Å²) in [6.45, 7) is 7.94. The van der Waals surface area contributed by atoms with E-state index >= 15 is 0 Å². The summed E-state index contributed by atoms with van der Waals surface area (Å²) in [6, 6.07) is 6.32. The van der Waals surface area contributed by atoms with Crippen LogP contribution in [0.1, 0.15) is 24.6 Å². The van der Waals surface area contributed by atoms with Crippen LogP contribution < -0.4 is 19.9 Å². The Bertz CT molecular complexity index is 1400. The van der Waals surface area contributed by atoms with Crippen molar-refractivity contribution in [2.45, 2.75) is 25.2 Å². The molecular weight excluding hydrogens is 583 g/mol. The second kappa shape index (κ2) is 13.2. The van der Waals surface area contributed by atoms with Gasteiger partial charge < -0.3 is 29.5 Å². The molecule has 0 bridgehead atoms. The molecule has 3 aromatic rings. The zero-order valence-corrected chi connectivity index (χ0v) is 24.7. The molecule has 3 aliphatic rings. The van der Waals surface area contributed by atoms with Crippen molar-refractivity contribution in [2.24, 2.45) is 0 Å². The molecule has 1 atom stereocenters. The largest absolute Gasteiger partial charge is 0.573 e. The highest BCUT2D eigenvalue weighted by molar-refractivity contribution is 7.13. The number of nitrogens with one attached hydrogen (secondary N) is 1. The van der Waals surface area contributed by atoms with Gasteiger partial charge in [-0.05, 0) is 24.6 Å². The normalized spacial score (nSPS) is 19.8. The van der Waals surface area contributed by atoms with Gasteiger partial charge in [-0.25, -0.2) is 4.98 Å². The van der Waals surface area contributed by atoms with Gasteiger partial charge in [-0.15, -0.1) is 24.5 Å². The molecule has 0 aliphatic carbocycles. The molecule has 0 saturated carbocycles. The van der Waals surface area contributed by atoms with Crippen molar-refractivity contribution >= 4 is 39.0 Å². The minimum Gasteiger partial charge on any atom is -0.403 e. The first kappa shape index (κ1) is 29.9. The summed E-state index contributed by atoms with van der Waals surface area (Å²) in [4.78, 5) is 31.3. The topological polar surface area (TPSA) is 86.3 Å². The molecule has 5 heterocycles. The zero-order valence-electron chi connectivity index (χ0n) is 23.9. The van der Waals surface area contributed by atoms with Crippen molar-refractivity contribution in [1.82, 2.24) is 25.1 Å². The van der Waals surface area contributed by atoms with Crippen LogP contribution in [0, 0.1) is 0 Å². The number of pyridine rings is 1. The molecule has 14 heteroatoms. The number of alkyl halides is 3. The van der Waals surface area contributed by atoms with E-state index in [0.717, 1.165) is 42.4 Å². The molecule has 2 aromatic heterocycles. The fourth-order valence-corrected chi connectivity index (χ4v) is 6.98. The standard InChI is InChI=1S/C29H36F3N7O3S/c30-29(31,32)42-24-5-4-21-3-1-6-34-26(21)27(24)38-10-2-9-36(13-14-38)23(19-25(40)37-11-7-33-8-12-37)22-20-43-28(35-22)39-15-17-41-18-16-39/h1,3-6,20,23,33H,2,7-19H2. The lowest BCUT2D eigenvalue weighted by atomic mass is 10.1. The van der Waals surface area contributed by atoms with Crippen LogP contribution in [-0.2, 0) is 9.53 Å². The second-order valence-corrected chi connectivity index (χ2v) is 11.8. The number of ether oxygens (including phenoxy) is 2. The number of carbonyl (C=O) groups excluding carboxylic acids is 1. The quantitative estimate of drug-likeness (QED) is 0.427. The third-order valence-corrected chi connectivity index (χ3v) is 9.11. The number of aromatic nitrogens is 2. The van der Waals surface area contributed by atoms with Gasteiger partial charge in [-0.1, -0.05) is 6.07 Å². The van der Waals surface area contributed by atoms with Crippen molar-refractivity contribution in [1.29, 1.82) is 0 Å². The SMILES string of the molecule is O=C(CC(c1csc(N2CCOCC2)n1)N1CCCN(c2c(OC(F)(F)F)ccc3cccnc23)CC1)N1CCNCC1. The summed E-state index contributed by atoms with van der Waals surface area (Å²) >= 11 is 1.58. The smallest absolute Gasteiger partial charge is 0.403 e. The maximum absolute atomic E-state index is 13.5. The number of fused-ring (bicyclic) bond motifs is 1. The Hall–Kier alpha value is -3.20. The maximum atomic E-state index is 13.5. The van der Waals surface area contributed by atoms with Crippen LogP contribution in [-0.4, -0.2) is 111 Å². The van der Waals surface area contributed by atoms with E-state index < -0.39 is 6.36 Å². The number of hydrogen-bond acceptors (Lipinski definition) is 10. The Kier molecular flexibility index (Phi) is 9.17. The fraction of sp³-hybridized carbons (Fsp3) is 0.552. The van der Waals surface area contributed by atoms with E-state index in [9.17, 15) is 18.0 Å². The molecule has 0 spiro atoms. The molecule has 1 unspecified atom stereocenters. The number of morpholine rings is 1. The maximum Gasteiger partial charge on any atom is 0.573 e. The molecule has 3 fully saturated rings. The Morgan fingerprint density at radius 2 is 1.84 bits per heavy atom. The number of piperazine rings is 1. The highest BCUT2D eigenvalue weighted by atomic mass is 32.1.